The van der Waals surface area contributed by atoms with Crippen molar-refractivity contribution in [3.63, 3.8) is 0 Å². The van der Waals surface area contributed by atoms with Gasteiger partial charge < -0.3 is 15.2 Å². The number of amides is 1. The van der Waals surface area contributed by atoms with Crippen molar-refractivity contribution in [3.05, 3.63) is 75.2 Å². The van der Waals surface area contributed by atoms with Crippen molar-refractivity contribution in [2.75, 3.05) is 13.7 Å². The quantitative estimate of drug-likeness (QED) is 0.316. The number of benzene rings is 1. The highest BCUT2D eigenvalue weighted by Crippen LogP contribution is 2.34. The van der Waals surface area contributed by atoms with Gasteiger partial charge in [0.25, 0.3) is 5.91 Å². The number of aliphatic hydroxyl groups is 1. The number of allylic oxidation sites excluding steroid dienone is 1. The maximum atomic E-state index is 13.9. The summed E-state index contributed by atoms with van der Waals surface area (Å²) < 4.78 is 47.4. The van der Waals surface area contributed by atoms with Crippen LogP contribution in [-0.4, -0.2) is 40.6 Å². The highest BCUT2D eigenvalue weighted by molar-refractivity contribution is 6.42. The van der Waals surface area contributed by atoms with Crippen molar-refractivity contribution in [2.45, 2.75) is 32.5 Å². The number of carbonyl (C=O) groups is 1. The Morgan fingerprint density at radius 2 is 1.94 bits per heavy atom. The number of rotatable bonds is 10. The highest BCUT2D eigenvalue weighted by atomic mass is 35.5. The largest absolute Gasteiger partial charge is 0.505 e. The Hall–Kier alpha value is -2.49. The van der Waals surface area contributed by atoms with Crippen LogP contribution in [0.3, 0.4) is 0 Å². The van der Waals surface area contributed by atoms with Crippen LogP contribution in [0.25, 0.3) is 0 Å². The van der Waals surface area contributed by atoms with Crippen molar-refractivity contribution in [2.24, 2.45) is 18.9 Å². The van der Waals surface area contributed by atoms with Crippen LogP contribution in [0.4, 0.5) is 13.2 Å². The van der Waals surface area contributed by atoms with Gasteiger partial charge in [0.1, 0.15) is 0 Å². The Balaban J connectivity index is 2.45. The minimum absolute atomic E-state index is 0.0416. The van der Waals surface area contributed by atoms with E-state index in [2.05, 4.69) is 10.4 Å². The third-order valence-corrected chi connectivity index (χ3v) is 6.24. The zero-order valence-corrected chi connectivity index (χ0v) is 21.2. The number of hydrogen-bond acceptors (Lipinski definition) is 4. The number of nitrogens with zero attached hydrogens (tertiary/aromatic N) is 2. The average Bonchev–Trinajstić information content (AvgIpc) is 3.11. The molecular weight excluding hydrogens is 506 g/mol. The molecule has 35 heavy (non-hydrogen) atoms. The summed E-state index contributed by atoms with van der Waals surface area (Å²) in [6.45, 7) is 3.39. The summed E-state index contributed by atoms with van der Waals surface area (Å²) in [6.07, 6.45) is 1.61. The second kappa shape index (κ2) is 12.5. The Morgan fingerprint density at radius 3 is 2.51 bits per heavy atom. The van der Waals surface area contributed by atoms with E-state index >= 15 is 0 Å². The lowest BCUT2D eigenvalue weighted by Crippen LogP contribution is -2.40. The zero-order valence-electron chi connectivity index (χ0n) is 19.7. The van der Waals surface area contributed by atoms with E-state index in [9.17, 15) is 18.0 Å². The van der Waals surface area contributed by atoms with Crippen LogP contribution in [0.2, 0.25) is 10.0 Å². The van der Waals surface area contributed by atoms with E-state index in [4.69, 9.17) is 33.0 Å². The summed E-state index contributed by atoms with van der Waals surface area (Å²) in [4.78, 5) is 13.3. The molecule has 0 saturated carbocycles. The van der Waals surface area contributed by atoms with Gasteiger partial charge in [0.2, 0.25) is 0 Å². The molecule has 192 valence electrons. The summed E-state index contributed by atoms with van der Waals surface area (Å²) in [7, 11) is 2.61. The summed E-state index contributed by atoms with van der Waals surface area (Å²) in [5.41, 5.74) is -1.18. The van der Waals surface area contributed by atoms with Crippen LogP contribution in [-0.2, 0) is 24.4 Å². The predicted molar refractivity (Wildman–Crippen MR) is 129 cm³/mol. The van der Waals surface area contributed by atoms with E-state index in [0.29, 0.717) is 15.3 Å². The molecule has 0 aliphatic rings. The fourth-order valence-electron chi connectivity index (χ4n) is 3.86. The molecule has 0 spiro atoms. The van der Waals surface area contributed by atoms with Crippen molar-refractivity contribution < 1.29 is 27.8 Å². The summed E-state index contributed by atoms with van der Waals surface area (Å²) in [5, 5.41) is 16.3. The predicted octanol–water partition coefficient (Wildman–Crippen LogP) is 5.42. The first kappa shape index (κ1) is 28.7. The van der Waals surface area contributed by atoms with Gasteiger partial charge >= 0.3 is 6.18 Å². The van der Waals surface area contributed by atoms with Gasteiger partial charge in [-0.15, -0.1) is 0 Å². The Bertz CT molecular complexity index is 1080. The smallest absolute Gasteiger partial charge is 0.433 e. The molecule has 6 nitrogen and oxygen atoms in total. The molecule has 1 aromatic carbocycles. The third kappa shape index (κ3) is 7.49. The number of ether oxygens (including phenoxy) is 1. The first-order valence-corrected chi connectivity index (χ1v) is 11.5. The molecule has 0 fully saturated rings. The molecular formula is C24H28Cl2F3N3O3. The summed E-state index contributed by atoms with van der Waals surface area (Å²) >= 11 is 12.0. The van der Waals surface area contributed by atoms with Crippen molar-refractivity contribution >= 4 is 29.1 Å². The van der Waals surface area contributed by atoms with E-state index in [-0.39, 0.29) is 35.6 Å². The second-order valence-electron chi connectivity index (χ2n) is 8.09. The maximum Gasteiger partial charge on any atom is 0.433 e. The maximum absolute atomic E-state index is 13.9. The molecule has 3 atom stereocenters. The fraction of sp³-hybridized carbons (Fsp3) is 0.417. The molecule has 1 heterocycles. The van der Waals surface area contributed by atoms with Gasteiger partial charge in [0, 0.05) is 25.4 Å². The Labute approximate surface area is 212 Å². The van der Waals surface area contributed by atoms with Crippen LogP contribution in [0.15, 0.2) is 42.7 Å². The van der Waals surface area contributed by atoms with Crippen LogP contribution >= 0.6 is 23.2 Å². The number of halogens is 5. The van der Waals surface area contributed by atoms with Crippen LogP contribution in [0.5, 0.6) is 0 Å². The lowest BCUT2D eigenvalue weighted by atomic mass is 9.87. The van der Waals surface area contributed by atoms with Crippen LogP contribution in [0.1, 0.15) is 41.2 Å². The number of carbonyl (C=O) groups excluding carboxylic acids is 1. The van der Waals surface area contributed by atoms with Crippen LogP contribution in [0, 0.1) is 11.8 Å². The lowest BCUT2D eigenvalue weighted by Gasteiger charge is -2.26. The van der Waals surface area contributed by atoms with Gasteiger partial charge in [-0.2, -0.15) is 18.3 Å². The summed E-state index contributed by atoms with van der Waals surface area (Å²) in [6, 6.07) is 4.09. The van der Waals surface area contributed by atoms with E-state index < -0.39 is 29.4 Å². The minimum Gasteiger partial charge on any atom is -0.505 e. The molecule has 3 unspecified atom stereocenters. The molecule has 0 aliphatic carbocycles. The first-order chi connectivity index (χ1) is 16.4. The minimum atomic E-state index is -4.81. The normalized spacial score (nSPS) is 14.9. The van der Waals surface area contributed by atoms with Gasteiger partial charge in [-0.1, -0.05) is 48.3 Å². The van der Waals surface area contributed by atoms with E-state index in [1.54, 1.807) is 31.2 Å². The van der Waals surface area contributed by atoms with E-state index in [1.807, 2.05) is 6.92 Å². The van der Waals surface area contributed by atoms with Gasteiger partial charge in [0.15, 0.2) is 5.69 Å². The second-order valence-corrected chi connectivity index (χ2v) is 8.90. The molecule has 0 radical (unpaired) electrons. The molecule has 0 aliphatic heterocycles. The molecule has 1 aromatic heterocycles. The number of aliphatic hydroxyl groups excluding tert-OH is 1. The lowest BCUT2D eigenvalue weighted by molar-refractivity contribution is -0.144. The molecule has 2 rings (SSSR count). The number of methoxy groups -OCH3 is 1. The van der Waals surface area contributed by atoms with Crippen LogP contribution < -0.4 is 5.32 Å². The van der Waals surface area contributed by atoms with Gasteiger partial charge in [-0.25, -0.2) is 0 Å². The number of nitrogens with one attached hydrogen (secondary N) is 1. The van der Waals surface area contributed by atoms with Crippen molar-refractivity contribution in [3.8, 4) is 0 Å². The molecule has 1 amide bonds. The molecule has 0 bridgehead atoms. The topological polar surface area (TPSA) is 76.4 Å². The average molecular weight is 534 g/mol. The molecule has 11 heteroatoms. The highest BCUT2D eigenvalue weighted by Gasteiger charge is 2.41. The number of aromatic nitrogens is 2. The van der Waals surface area contributed by atoms with E-state index in [0.717, 1.165) is 7.05 Å². The van der Waals surface area contributed by atoms with Gasteiger partial charge in [-0.3, -0.25) is 9.48 Å². The van der Waals surface area contributed by atoms with E-state index in [1.165, 1.54) is 25.5 Å². The monoisotopic (exact) mass is 533 g/mol. The number of hydrogen-bond donors (Lipinski definition) is 2. The molecule has 2 N–H and O–H groups in total. The van der Waals surface area contributed by atoms with Crippen molar-refractivity contribution in [1.82, 2.24) is 15.1 Å². The Kier molecular flexibility index (Phi) is 10.2. The Morgan fingerprint density at radius 1 is 1.26 bits per heavy atom. The van der Waals surface area contributed by atoms with Gasteiger partial charge in [-0.05, 0) is 36.6 Å². The fourth-order valence-corrected chi connectivity index (χ4v) is 4.18. The zero-order chi connectivity index (χ0) is 26.3. The van der Waals surface area contributed by atoms with Gasteiger partial charge in [0.05, 0.1) is 41.3 Å². The SMILES string of the molecule is CO/C=C/C(C(C)/C=C/CO)C(C)NC(=O)c1c(Cc2ccc(Cl)c(Cl)c2)nn(C)c1C(F)(F)F. The van der Waals surface area contributed by atoms with Crippen molar-refractivity contribution in [1.29, 1.82) is 0 Å². The summed E-state index contributed by atoms with van der Waals surface area (Å²) in [5.74, 6) is -1.39. The molecule has 0 saturated heterocycles. The molecule has 2 aromatic rings. The number of alkyl halides is 3. The third-order valence-electron chi connectivity index (χ3n) is 5.50. The number of aryl methyl sites for hydroxylation is 1. The first-order valence-electron chi connectivity index (χ1n) is 10.8. The standard InChI is InChI=1S/C24H28Cl2F3N3O3/c1-14(6-5-10-33)17(9-11-35-4)15(2)30-23(34)21-20(31-32(3)22(21)24(27,28)29)13-16-7-8-18(25)19(26)12-16/h5-9,11-12,14-15,17,33H,10,13H2,1-4H3,(H,30,34)/b6-5+,11-9+.